The van der Waals surface area contributed by atoms with Crippen molar-refractivity contribution in [3.63, 3.8) is 0 Å². The number of unbranched alkanes of at least 4 members (excludes halogenated alkanes) is 23. The highest BCUT2D eigenvalue weighted by Crippen LogP contribution is 2.14. The minimum Gasteiger partial charge on any atom is -0.462 e. The molecule has 0 radical (unpaired) electrons. The molecule has 0 aromatic carbocycles. The topological polar surface area (TPSA) is 78.9 Å². The Bertz CT molecular complexity index is 964. The van der Waals surface area contributed by atoms with E-state index < -0.39 is 6.10 Å². The van der Waals surface area contributed by atoms with Crippen molar-refractivity contribution < 1.29 is 28.6 Å². The van der Waals surface area contributed by atoms with Crippen LogP contribution in [-0.4, -0.2) is 37.2 Å². The first kappa shape index (κ1) is 51.4. The molecular formula is C48H84O6. The molecule has 0 aliphatic rings. The van der Waals surface area contributed by atoms with Crippen molar-refractivity contribution >= 4 is 17.9 Å². The second-order valence-corrected chi connectivity index (χ2v) is 15.0. The molecule has 0 saturated heterocycles. The van der Waals surface area contributed by atoms with E-state index in [1.165, 1.54) is 109 Å². The van der Waals surface area contributed by atoms with Gasteiger partial charge in [-0.1, -0.05) is 191 Å². The van der Waals surface area contributed by atoms with Crippen LogP contribution in [0.15, 0.2) is 48.6 Å². The summed E-state index contributed by atoms with van der Waals surface area (Å²) in [5.74, 6) is -0.935. The van der Waals surface area contributed by atoms with Crippen LogP contribution in [-0.2, 0) is 28.6 Å². The Hall–Kier alpha value is -2.63. The molecule has 0 saturated carbocycles. The van der Waals surface area contributed by atoms with Gasteiger partial charge in [0.15, 0.2) is 6.10 Å². The number of hydrogen-bond acceptors (Lipinski definition) is 6. The number of allylic oxidation sites excluding steroid dienone is 8. The molecule has 0 aromatic rings. The second-order valence-electron chi connectivity index (χ2n) is 15.0. The van der Waals surface area contributed by atoms with Gasteiger partial charge in [0.2, 0.25) is 0 Å². The van der Waals surface area contributed by atoms with Crippen LogP contribution in [0.2, 0.25) is 0 Å². The minimum absolute atomic E-state index is 0.0866. The molecule has 0 fully saturated rings. The van der Waals surface area contributed by atoms with Crippen molar-refractivity contribution in [3.8, 4) is 0 Å². The summed E-state index contributed by atoms with van der Waals surface area (Å²) in [4.78, 5) is 37.6. The van der Waals surface area contributed by atoms with Crippen molar-refractivity contribution in [3.05, 3.63) is 48.6 Å². The highest BCUT2D eigenvalue weighted by Gasteiger charge is 2.19. The van der Waals surface area contributed by atoms with Crippen molar-refractivity contribution in [1.29, 1.82) is 0 Å². The van der Waals surface area contributed by atoms with Crippen LogP contribution in [0.1, 0.15) is 220 Å². The summed E-state index contributed by atoms with van der Waals surface area (Å²) in [6.45, 7) is 6.43. The third kappa shape index (κ3) is 40.6. The SMILES string of the molecule is CC\C=C/C=C\C=C/CCCCCCCCCC(=O)OCC(COC(=O)CCC/C=C\CCCCCC)OC(=O)CCCCCCCCCCCCCC. The van der Waals surface area contributed by atoms with Gasteiger partial charge in [-0.25, -0.2) is 0 Å². The molecule has 0 rings (SSSR count). The molecular weight excluding hydrogens is 673 g/mol. The maximum Gasteiger partial charge on any atom is 0.306 e. The molecule has 54 heavy (non-hydrogen) atoms. The quantitative estimate of drug-likeness (QED) is 0.0204. The van der Waals surface area contributed by atoms with Gasteiger partial charge in [0.05, 0.1) is 0 Å². The zero-order valence-electron chi connectivity index (χ0n) is 35.5. The average Bonchev–Trinajstić information content (AvgIpc) is 3.17. The lowest BCUT2D eigenvalue weighted by molar-refractivity contribution is -0.167. The molecule has 1 atom stereocenters. The maximum absolute atomic E-state index is 12.7. The van der Waals surface area contributed by atoms with Gasteiger partial charge in [0.25, 0.3) is 0 Å². The fourth-order valence-electron chi connectivity index (χ4n) is 6.21. The van der Waals surface area contributed by atoms with Crippen LogP contribution in [0, 0.1) is 0 Å². The molecule has 312 valence electrons. The number of ether oxygens (including phenoxy) is 3. The van der Waals surface area contributed by atoms with Gasteiger partial charge >= 0.3 is 17.9 Å². The third-order valence-electron chi connectivity index (χ3n) is 9.63. The van der Waals surface area contributed by atoms with E-state index >= 15 is 0 Å². The van der Waals surface area contributed by atoms with Gasteiger partial charge in [-0.3, -0.25) is 14.4 Å². The van der Waals surface area contributed by atoms with Gasteiger partial charge in [-0.15, -0.1) is 0 Å². The van der Waals surface area contributed by atoms with Crippen molar-refractivity contribution in [2.75, 3.05) is 13.2 Å². The summed E-state index contributed by atoms with van der Waals surface area (Å²) >= 11 is 0. The lowest BCUT2D eigenvalue weighted by atomic mass is 10.0. The summed E-state index contributed by atoms with van der Waals surface area (Å²) < 4.78 is 16.6. The van der Waals surface area contributed by atoms with Crippen molar-refractivity contribution in [2.24, 2.45) is 0 Å². The fraction of sp³-hybridized carbons (Fsp3) is 0.771. The Morgan fingerprint density at radius 3 is 1.26 bits per heavy atom. The lowest BCUT2D eigenvalue weighted by Crippen LogP contribution is -2.30. The predicted octanol–water partition coefficient (Wildman–Crippen LogP) is 14.4. The summed E-state index contributed by atoms with van der Waals surface area (Å²) in [6.07, 6.45) is 49.6. The number of esters is 3. The third-order valence-corrected chi connectivity index (χ3v) is 9.63. The molecule has 6 nitrogen and oxygen atoms in total. The molecule has 0 heterocycles. The molecule has 0 aliphatic heterocycles. The lowest BCUT2D eigenvalue weighted by Gasteiger charge is -2.18. The zero-order chi connectivity index (χ0) is 39.4. The highest BCUT2D eigenvalue weighted by molar-refractivity contribution is 5.71. The highest BCUT2D eigenvalue weighted by atomic mass is 16.6. The monoisotopic (exact) mass is 757 g/mol. The van der Waals surface area contributed by atoms with Gasteiger partial charge in [0, 0.05) is 19.3 Å². The van der Waals surface area contributed by atoms with E-state index in [-0.39, 0.29) is 31.1 Å². The van der Waals surface area contributed by atoms with E-state index in [0.29, 0.717) is 19.3 Å². The van der Waals surface area contributed by atoms with Crippen LogP contribution in [0.4, 0.5) is 0 Å². The zero-order valence-corrected chi connectivity index (χ0v) is 35.5. The molecule has 6 heteroatoms. The number of carbonyl (C=O) groups excluding carboxylic acids is 3. The molecule has 0 aromatic heterocycles. The first-order valence-corrected chi connectivity index (χ1v) is 22.7. The summed E-state index contributed by atoms with van der Waals surface area (Å²) in [5.41, 5.74) is 0. The summed E-state index contributed by atoms with van der Waals surface area (Å²) in [7, 11) is 0. The fourth-order valence-corrected chi connectivity index (χ4v) is 6.21. The standard InChI is InChI=1S/C48H84O6/c1-4-7-10-13-16-19-21-23-24-25-27-29-32-35-38-41-47(50)53-44-45(43-52-46(49)40-37-34-31-28-18-15-12-9-6-3)54-48(51)42-39-36-33-30-26-22-20-17-14-11-8-5-2/h7,10,13,16,19,21,28,31,45H,4-6,8-9,11-12,14-15,17-18,20,22-27,29-30,32-44H2,1-3H3/b10-7-,16-13-,21-19-,31-28-. The van der Waals surface area contributed by atoms with Crippen LogP contribution in [0.25, 0.3) is 0 Å². The Labute approximate surface area is 333 Å². The smallest absolute Gasteiger partial charge is 0.306 e. The first-order chi connectivity index (χ1) is 26.5. The molecule has 0 aliphatic carbocycles. The van der Waals surface area contributed by atoms with E-state index in [4.69, 9.17) is 14.2 Å². The van der Waals surface area contributed by atoms with E-state index in [1.54, 1.807) is 0 Å². The minimum atomic E-state index is -0.783. The van der Waals surface area contributed by atoms with Crippen LogP contribution < -0.4 is 0 Å². The van der Waals surface area contributed by atoms with Gasteiger partial charge in [-0.2, -0.15) is 0 Å². The van der Waals surface area contributed by atoms with Crippen molar-refractivity contribution in [2.45, 2.75) is 226 Å². The molecule has 1 unspecified atom stereocenters. The van der Waals surface area contributed by atoms with Gasteiger partial charge in [0.1, 0.15) is 13.2 Å². The Kier molecular flexibility index (Phi) is 41.0. The normalized spacial score (nSPS) is 12.4. The van der Waals surface area contributed by atoms with Crippen LogP contribution in [0.3, 0.4) is 0 Å². The average molecular weight is 757 g/mol. The summed E-state index contributed by atoms with van der Waals surface area (Å²) in [5, 5.41) is 0. The first-order valence-electron chi connectivity index (χ1n) is 22.7. The van der Waals surface area contributed by atoms with Crippen molar-refractivity contribution in [1.82, 2.24) is 0 Å². The molecule has 0 amide bonds. The van der Waals surface area contributed by atoms with E-state index in [9.17, 15) is 14.4 Å². The van der Waals surface area contributed by atoms with E-state index in [0.717, 1.165) is 70.6 Å². The largest absolute Gasteiger partial charge is 0.462 e. The Balaban J connectivity index is 4.38. The van der Waals surface area contributed by atoms with Crippen LogP contribution >= 0.6 is 0 Å². The molecule has 0 spiro atoms. The van der Waals surface area contributed by atoms with Gasteiger partial charge in [-0.05, 0) is 57.8 Å². The Morgan fingerprint density at radius 2 is 0.759 bits per heavy atom. The number of rotatable bonds is 40. The van der Waals surface area contributed by atoms with E-state index in [2.05, 4.69) is 69.4 Å². The molecule has 0 N–H and O–H groups in total. The number of hydrogen-bond donors (Lipinski definition) is 0. The van der Waals surface area contributed by atoms with Gasteiger partial charge < -0.3 is 14.2 Å². The van der Waals surface area contributed by atoms with Crippen LogP contribution in [0.5, 0.6) is 0 Å². The predicted molar refractivity (Wildman–Crippen MR) is 229 cm³/mol. The van der Waals surface area contributed by atoms with E-state index in [1.807, 2.05) is 0 Å². The maximum atomic E-state index is 12.7. The molecule has 0 bridgehead atoms. The summed E-state index contributed by atoms with van der Waals surface area (Å²) in [6, 6.07) is 0. The number of carbonyl (C=O) groups is 3. The second kappa shape index (κ2) is 43.1. The Morgan fingerprint density at radius 1 is 0.389 bits per heavy atom.